The molecule has 0 aliphatic rings. The number of benzene rings is 1. The topological polar surface area (TPSA) is 64.9 Å². The number of alkyl halides is 2. The van der Waals surface area contributed by atoms with Gasteiger partial charge >= 0.3 is 6.61 Å². The maximum atomic E-state index is 12.5. The highest BCUT2D eigenvalue weighted by Gasteiger charge is 2.14. The minimum Gasteiger partial charge on any atom is -0.433 e. The minimum atomic E-state index is -2.93. The number of anilines is 2. The van der Waals surface area contributed by atoms with Gasteiger partial charge in [0.05, 0.1) is 16.9 Å². The second-order valence-electron chi connectivity index (χ2n) is 5.66. The first kappa shape index (κ1) is 18.1. The molecule has 6 nitrogen and oxygen atoms in total. The van der Waals surface area contributed by atoms with E-state index >= 15 is 0 Å². The van der Waals surface area contributed by atoms with E-state index in [0.29, 0.717) is 22.1 Å². The Kier molecular flexibility index (Phi) is 5.32. The van der Waals surface area contributed by atoms with Gasteiger partial charge in [0.15, 0.2) is 0 Å². The number of nitrogens with one attached hydrogen (secondary N) is 1. The molecule has 0 aliphatic carbocycles. The molecule has 0 bridgehead atoms. The van der Waals surface area contributed by atoms with Gasteiger partial charge in [-0.3, -0.25) is 4.68 Å². The summed E-state index contributed by atoms with van der Waals surface area (Å²) in [5.74, 6) is 0.181. The molecular weight excluding hydrogens is 364 g/mol. The summed E-state index contributed by atoms with van der Waals surface area (Å²) in [6.45, 7) is 1.08. The van der Waals surface area contributed by atoms with E-state index < -0.39 is 6.61 Å². The molecule has 2 heterocycles. The van der Waals surface area contributed by atoms with Crippen LogP contribution >= 0.6 is 11.6 Å². The van der Waals surface area contributed by atoms with Crippen LogP contribution < -0.4 is 10.1 Å². The van der Waals surface area contributed by atoms with E-state index in [1.165, 1.54) is 12.3 Å². The highest BCUT2D eigenvalue weighted by Crippen LogP contribution is 2.30. The van der Waals surface area contributed by atoms with Crippen LogP contribution in [-0.2, 0) is 0 Å². The second kappa shape index (κ2) is 7.65. The predicted octanol–water partition coefficient (Wildman–Crippen LogP) is 4.92. The number of aromatic nitrogens is 4. The van der Waals surface area contributed by atoms with E-state index in [-0.39, 0.29) is 17.7 Å². The molecule has 136 valence electrons. The maximum Gasteiger partial charge on any atom is 0.387 e. The van der Waals surface area contributed by atoms with Gasteiger partial charge in [-0.05, 0) is 32.0 Å². The van der Waals surface area contributed by atoms with Crippen LogP contribution in [0.15, 0.2) is 42.7 Å². The lowest BCUT2D eigenvalue weighted by Crippen LogP contribution is -2.06. The third kappa shape index (κ3) is 4.08. The molecule has 1 N–H and O–H groups in total. The number of rotatable bonds is 6. The largest absolute Gasteiger partial charge is 0.433 e. The van der Waals surface area contributed by atoms with E-state index in [9.17, 15) is 8.78 Å². The maximum absolute atomic E-state index is 12.5. The van der Waals surface area contributed by atoms with Crippen molar-refractivity contribution in [3.05, 3.63) is 47.7 Å². The van der Waals surface area contributed by atoms with Crippen molar-refractivity contribution in [1.29, 1.82) is 0 Å². The average molecular weight is 380 g/mol. The molecule has 3 aromatic rings. The summed E-state index contributed by atoms with van der Waals surface area (Å²) in [5.41, 5.74) is 1.34. The lowest BCUT2D eigenvalue weighted by molar-refractivity contribution is -0.0493. The van der Waals surface area contributed by atoms with Gasteiger partial charge in [-0.2, -0.15) is 13.9 Å². The zero-order valence-corrected chi connectivity index (χ0v) is 14.8. The number of halogens is 3. The lowest BCUT2D eigenvalue weighted by Gasteiger charge is -2.12. The first-order valence-corrected chi connectivity index (χ1v) is 8.20. The number of nitrogens with zero attached hydrogens (tertiary/aromatic N) is 4. The van der Waals surface area contributed by atoms with E-state index in [1.54, 1.807) is 28.9 Å². The minimum absolute atomic E-state index is 0.00770. The number of hydrogen-bond acceptors (Lipinski definition) is 5. The van der Waals surface area contributed by atoms with Crippen molar-refractivity contribution in [3.8, 4) is 17.1 Å². The fourth-order valence-electron chi connectivity index (χ4n) is 2.25. The summed E-state index contributed by atoms with van der Waals surface area (Å²) in [6, 6.07) is 8.28. The smallest absolute Gasteiger partial charge is 0.387 e. The van der Waals surface area contributed by atoms with Crippen LogP contribution in [0.4, 0.5) is 20.4 Å². The molecule has 26 heavy (non-hydrogen) atoms. The van der Waals surface area contributed by atoms with Gasteiger partial charge in [0.1, 0.15) is 17.1 Å². The van der Waals surface area contributed by atoms with Gasteiger partial charge in [-0.25, -0.2) is 9.97 Å². The molecule has 0 atom stereocenters. The Labute approximate surface area is 153 Å². The molecule has 0 saturated carbocycles. The normalized spacial score (nSPS) is 11.2. The molecule has 0 amide bonds. The summed E-state index contributed by atoms with van der Waals surface area (Å²) >= 11 is 6.20. The van der Waals surface area contributed by atoms with E-state index in [0.717, 1.165) is 0 Å². The van der Waals surface area contributed by atoms with Crippen molar-refractivity contribution in [2.75, 3.05) is 5.32 Å². The zero-order valence-electron chi connectivity index (χ0n) is 14.0. The van der Waals surface area contributed by atoms with Crippen LogP contribution in [0.2, 0.25) is 5.02 Å². The van der Waals surface area contributed by atoms with Gasteiger partial charge in [-0.1, -0.05) is 23.7 Å². The van der Waals surface area contributed by atoms with Crippen molar-refractivity contribution in [2.45, 2.75) is 26.5 Å². The molecular formula is C17H16ClF2N5O. The lowest BCUT2D eigenvalue weighted by atomic mass is 10.3. The highest BCUT2D eigenvalue weighted by molar-refractivity contribution is 6.32. The average Bonchev–Trinajstić information content (AvgIpc) is 3.08. The molecule has 0 aliphatic heterocycles. The number of hydrogen-bond donors (Lipinski definition) is 1. The fourth-order valence-corrected chi connectivity index (χ4v) is 2.44. The van der Waals surface area contributed by atoms with Crippen molar-refractivity contribution in [3.63, 3.8) is 0 Å². The molecule has 0 spiro atoms. The van der Waals surface area contributed by atoms with E-state index in [1.807, 2.05) is 20.0 Å². The van der Waals surface area contributed by atoms with Gasteiger partial charge in [0, 0.05) is 12.2 Å². The summed E-state index contributed by atoms with van der Waals surface area (Å²) in [4.78, 5) is 8.45. The van der Waals surface area contributed by atoms with Crippen LogP contribution in [0.1, 0.15) is 19.9 Å². The van der Waals surface area contributed by atoms with Crippen molar-refractivity contribution in [1.82, 2.24) is 19.7 Å². The SMILES string of the molecule is CC(C)n1ccc(-c2nc(Nc3ccccc3OC(F)F)ncc2Cl)n1. The third-order valence-corrected chi connectivity index (χ3v) is 3.75. The summed E-state index contributed by atoms with van der Waals surface area (Å²) in [6.07, 6.45) is 3.26. The Hall–Kier alpha value is -2.74. The van der Waals surface area contributed by atoms with E-state index in [2.05, 4.69) is 25.1 Å². The summed E-state index contributed by atoms with van der Waals surface area (Å²) in [5, 5.41) is 7.64. The Bertz CT molecular complexity index is 900. The fraction of sp³-hybridized carbons (Fsp3) is 0.235. The molecule has 1 aromatic carbocycles. The molecule has 3 rings (SSSR count). The molecule has 0 unspecified atom stereocenters. The van der Waals surface area contributed by atoms with Gasteiger partial charge < -0.3 is 10.1 Å². The highest BCUT2D eigenvalue weighted by atomic mass is 35.5. The number of para-hydroxylation sites is 2. The number of ether oxygens (including phenoxy) is 1. The Morgan fingerprint density at radius 3 is 2.65 bits per heavy atom. The van der Waals surface area contributed by atoms with Crippen LogP contribution in [0.3, 0.4) is 0 Å². The van der Waals surface area contributed by atoms with Crippen LogP contribution in [0.25, 0.3) is 11.4 Å². The molecule has 0 fully saturated rings. The van der Waals surface area contributed by atoms with Crippen LogP contribution in [0, 0.1) is 0 Å². The standard InChI is InChI=1S/C17H16ClF2N5O/c1-10(2)25-8-7-13(24-25)15-11(18)9-21-17(23-15)22-12-5-3-4-6-14(12)26-16(19)20/h3-10,16H,1-2H3,(H,21,22,23). The summed E-state index contributed by atoms with van der Waals surface area (Å²) in [7, 11) is 0. The predicted molar refractivity (Wildman–Crippen MR) is 95.0 cm³/mol. The third-order valence-electron chi connectivity index (χ3n) is 3.47. The first-order chi connectivity index (χ1) is 12.4. The monoisotopic (exact) mass is 379 g/mol. The summed E-state index contributed by atoms with van der Waals surface area (Å²) < 4.78 is 31.3. The Morgan fingerprint density at radius 2 is 1.96 bits per heavy atom. The molecule has 0 radical (unpaired) electrons. The molecule has 9 heteroatoms. The second-order valence-corrected chi connectivity index (χ2v) is 6.07. The first-order valence-electron chi connectivity index (χ1n) is 7.83. The van der Waals surface area contributed by atoms with Gasteiger partial charge in [-0.15, -0.1) is 0 Å². The van der Waals surface area contributed by atoms with Crippen molar-refractivity contribution >= 4 is 23.2 Å². The van der Waals surface area contributed by atoms with Gasteiger partial charge in [0.2, 0.25) is 5.95 Å². The van der Waals surface area contributed by atoms with Gasteiger partial charge in [0.25, 0.3) is 0 Å². The molecule has 2 aromatic heterocycles. The Morgan fingerprint density at radius 1 is 1.19 bits per heavy atom. The van der Waals surface area contributed by atoms with Crippen molar-refractivity contribution < 1.29 is 13.5 Å². The Balaban J connectivity index is 1.91. The van der Waals surface area contributed by atoms with Crippen LogP contribution in [0.5, 0.6) is 5.75 Å². The molecule has 0 saturated heterocycles. The zero-order chi connectivity index (χ0) is 18.7. The van der Waals surface area contributed by atoms with E-state index in [4.69, 9.17) is 11.6 Å². The van der Waals surface area contributed by atoms with Crippen molar-refractivity contribution in [2.24, 2.45) is 0 Å². The quantitative estimate of drug-likeness (QED) is 0.658. The van der Waals surface area contributed by atoms with Crippen LogP contribution in [-0.4, -0.2) is 26.4 Å².